The second-order valence-electron chi connectivity index (χ2n) is 5.74. The van der Waals surface area contributed by atoms with E-state index in [1.807, 2.05) is 6.92 Å². The molecule has 0 saturated heterocycles. The third kappa shape index (κ3) is 2.33. The van der Waals surface area contributed by atoms with Crippen LogP contribution < -0.4 is 0 Å². The first-order valence-corrected chi connectivity index (χ1v) is 6.65. The fourth-order valence-corrected chi connectivity index (χ4v) is 3.59. The van der Waals surface area contributed by atoms with Crippen molar-refractivity contribution in [2.75, 3.05) is 0 Å². The Morgan fingerprint density at radius 3 is 2.65 bits per heavy atom. The minimum atomic E-state index is -1.09. The zero-order chi connectivity index (χ0) is 15.0. The van der Waals surface area contributed by atoms with Crippen molar-refractivity contribution in [2.24, 2.45) is 23.7 Å². The number of carbonyl (C=O) groups is 3. The summed E-state index contributed by atoms with van der Waals surface area (Å²) in [5.74, 6) is -2.62. The van der Waals surface area contributed by atoms with E-state index in [-0.39, 0.29) is 41.6 Å². The Morgan fingerprint density at radius 2 is 2.10 bits per heavy atom. The topological polar surface area (TPSA) is 91.7 Å². The summed E-state index contributed by atoms with van der Waals surface area (Å²) in [5, 5.41) is 19.3. The Hall–Kier alpha value is -1.75. The maximum Gasteiger partial charge on any atom is 0.331 e. The van der Waals surface area contributed by atoms with Gasteiger partial charge in [0.1, 0.15) is 12.1 Å². The van der Waals surface area contributed by atoms with Crippen molar-refractivity contribution in [3.05, 3.63) is 23.8 Å². The Morgan fingerprint density at radius 1 is 1.45 bits per heavy atom. The number of aliphatic hydroxyl groups excluding tert-OH is 1. The molecule has 0 heterocycles. The average molecular weight is 278 g/mol. The lowest BCUT2D eigenvalue weighted by Gasteiger charge is -2.44. The summed E-state index contributed by atoms with van der Waals surface area (Å²) in [6.45, 7) is 5.48. The van der Waals surface area contributed by atoms with Crippen LogP contribution in [-0.4, -0.2) is 34.4 Å². The number of fused-ring (bicyclic) bond motifs is 1. The Bertz CT molecular complexity index is 504. The molecule has 5 atom stereocenters. The Labute approximate surface area is 117 Å². The predicted octanol–water partition coefficient (Wildman–Crippen LogP) is 0.975. The van der Waals surface area contributed by atoms with E-state index in [4.69, 9.17) is 5.11 Å². The molecule has 0 spiro atoms. The number of aliphatic carboxylic acids is 1. The first kappa shape index (κ1) is 14.7. The molecule has 2 rings (SSSR count). The highest BCUT2D eigenvalue weighted by molar-refractivity contribution is 5.93. The van der Waals surface area contributed by atoms with Crippen LogP contribution in [0.3, 0.4) is 0 Å². The zero-order valence-corrected chi connectivity index (χ0v) is 11.3. The fraction of sp³-hybridized carbons (Fsp3) is 0.533. The number of Topliss-reactive ketones (excluding diaryl/α,β-unsaturated/α-hetero) is 1. The molecule has 5 unspecified atom stereocenters. The molecular weight excluding hydrogens is 260 g/mol. The molecule has 0 aliphatic heterocycles. The fourth-order valence-electron chi connectivity index (χ4n) is 3.59. The summed E-state index contributed by atoms with van der Waals surface area (Å²) >= 11 is 0. The van der Waals surface area contributed by atoms with Gasteiger partial charge in [-0.2, -0.15) is 0 Å². The van der Waals surface area contributed by atoms with Crippen molar-refractivity contribution >= 4 is 18.0 Å². The number of rotatable bonds is 3. The number of hydrogen-bond acceptors (Lipinski definition) is 4. The van der Waals surface area contributed by atoms with Crippen LogP contribution in [0.5, 0.6) is 0 Å². The second-order valence-corrected chi connectivity index (χ2v) is 5.74. The number of aliphatic hydroxyl groups is 1. The molecule has 5 heteroatoms. The molecule has 2 aliphatic carbocycles. The molecule has 1 saturated carbocycles. The number of carbonyl (C=O) groups excluding carboxylic acids is 2. The molecule has 0 radical (unpaired) electrons. The van der Waals surface area contributed by atoms with Gasteiger partial charge in [0.05, 0.1) is 12.0 Å². The summed E-state index contributed by atoms with van der Waals surface area (Å²) in [7, 11) is 0. The van der Waals surface area contributed by atoms with Gasteiger partial charge in [-0.15, -0.1) is 0 Å². The molecule has 0 amide bonds. The van der Waals surface area contributed by atoms with Crippen molar-refractivity contribution in [3.8, 4) is 0 Å². The SMILES string of the molecule is C=C(C=O)C1C(=O)CC(C)C2C(O)CC(C(=O)O)=CC12. The van der Waals surface area contributed by atoms with Crippen LogP contribution in [0.2, 0.25) is 0 Å². The van der Waals surface area contributed by atoms with Gasteiger partial charge >= 0.3 is 5.97 Å². The lowest BCUT2D eigenvalue weighted by atomic mass is 9.60. The molecule has 0 bridgehead atoms. The van der Waals surface area contributed by atoms with Crippen LogP contribution in [0.25, 0.3) is 0 Å². The quantitative estimate of drug-likeness (QED) is 0.593. The summed E-state index contributed by atoms with van der Waals surface area (Å²) in [6, 6.07) is 0. The largest absolute Gasteiger partial charge is 0.478 e. The van der Waals surface area contributed by atoms with Crippen LogP contribution >= 0.6 is 0 Å². The maximum atomic E-state index is 12.2. The van der Waals surface area contributed by atoms with E-state index >= 15 is 0 Å². The molecule has 1 fully saturated rings. The molecular formula is C15H18O5. The first-order chi connectivity index (χ1) is 9.36. The monoisotopic (exact) mass is 278 g/mol. The summed E-state index contributed by atoms with van der Waals surface area (Å²) in [6.07, 6.45) is 1.64. The van der Waals surface area contributed by atoms with Crippen LogP contribution in [0.1, 0.15) is 19.8 Å². The normalized spacial score (nSPS) is 36.8. The minimum Gasteiger partial charge on any atom is -0.478 e. The highest BCUT2D eigenvalue weighted by Crippen LogP contribution is 2.46. The van der Waals surface area contributed by atoms with Crippen LogP contribution in [0.15, 0.2) is 23.8 Å². The number of ketones is 1. The first-order valence-electron chi connectivity index (χ1n) is 6.65. The van der Waals surface area contributed by atoms with Crippen molar-refractivity contribution in [1.82, 2.24) is 0 Å². The smallest absolute Gasteiger partial charge is 0.331 e. The lowest BCUT2D eigenvalue weighted by molar-refractivity contribution is -0.136. The van der Waals surface area contributed by atoms with Gasteiger partial charge in [-0.05, 0) is 23.3 Å². The lowest BCUT2D eigenvalue weighted by Crippen LogP contribution is -2.47. The summed E-state index contributed by atoms with van der Waals surface area (Å²) in [4.78, 5) is 34.2. The van der Waals surface area contributed by atoms with Crippen molar-refractivity contribution in [1.29, 1.82) is 0 Å². The highest BCUT2D eigenvalue weighted by atomic mass is 16.4. The number of aldehydes is 1. The van der Waals surface area contributed by atoms with E-state index in [0.29, 0.717) is 6.29 Å². The van der Waals surface area contributed by atoms with Crippen molar-refractivity contribution < 1.29 is 24.6 Å². The van der Waals surface area contributed by atoms with Gasteiger partial charge in [0.2, 0.25) is 0 Å². The van der Waals surface area contributed by atoms with Gasteiger partial charge in [-0.25, -0.2) is 4.79 Å². The van der Waals surface area contributed by atoms with Gasteiger partial charge < -0.3 is 10.2 Å². The van der Waals surface area contributed by atoms with E-state index in [2.05, 4.69) is 6.58 Å². The summed E-state index contributed by atoms with van der Waals surface area (Å²) in [5.41, 5.74) is 0.260. The molecule has 2 aliphatic rings. The van der Waals surface area contributed by atoms with E-state index < -0.39 is 23.9 Å². The van der Waals surface area contributed by atoms with Gasteiger partial charge in [0.25, 0.3) is 0 Å². The van der Waals surface area contributed by atoms with Gasteiger partial charge in [0.15, 0.2) is 0 Å². The maximum absolute atomic E-state index is 12.2. The zero-order valence-electron chi connectivity index (χ0n) is 11.3. The van der Waals surface area contributed by atoms with E-state index in [0.717, 1.165) is 0 Å². The van der Waals surface area contributed by atoms with Crippen LogP contribution in [0, 0.1) is 23.7 Å². The number of hydrogen-bond donors (Lipinski definition) is 2. The second kappa shape index (κ2) is 5.32. The third-order valence-corrected chi connectivity index (χ3v) is 4.45. The van der Waals surface area contributed by atoms with Crippen LogP contribution in [-0.2, 0) is 14.4 Å². The summed E-state index contributed by atoms with van der Waals surface area (Å²) < 4.78 is 0. The number of carboxylic acid groups (broad SMARTS) is 1. The third-order valence-electron chi connectivity index (χ3n) is 4.45. The van der Waals surface area contributed by atoms with Crippen LogP contribution in [0.4, 0.5) is 0 Å². The Balaban J connectivity index is 2.47. The molecule has 5 nitrogen and oxygen atoms in total. The molecule has 2 N–H and O–H groups in total. The molecule has 108 valence electrons. The molecule has 0 aromatic heterocycles. The Kier molecular flexibility index (Phi) is 3.90. The van der Waals surface area contributed by atoms with E-state index in [1.165, 1.54) is 6.08 Å². The van der Waals surface area contributed by atoms with Gasteiger partial charge in [0, 0.05) is 18.4 Å². The molecule has 20 heavy (non-hydrogen) atoms. The minimum absolute atomic E-state index is 0.0372. The molecule has 0 aromatic rings. The predicted molar refractivity (Wildman–Crippen MR) is 70.8 cm³/mol. The van der Waals surface area contributed by atoms with E-state index in [1.54, 1.807) is 0 Å². The number of carboxylic acids is 1. The molecule has 0 aromatic carbocycles. The van der Waals surface area contributed by atoms with Crippen molar-refractivity contribution in [3.63, 3.8) is 0 Å². The highest BCUT2D eigenvalue weighted by Gasteiger charge is 2.47. The number of allylic oxidation sites excluding steroid dienone is 2. The average Bonchev–Trinajstić information content (AvgIpc) is 2.36. The van der Waals surface area contributed by atoms with Crippen molar-refractivity contribution in [2.45, 2.75) is 25.9 Å². The van der Waals surface area contributed by atoms with E-state index in [9.17, 15) is 19.5 Å². The van der Waals surface area contributed by atoms with Gasteiger partial charge in [-0.1, -0.05) is 19.6 Å². The van der Waals surface area contributed by atoms with Gasteiger partial charge in [-0.3, -0.25) is 9.59 Å². The standard InChI is InChI=1S/C15H18O5/c1-7-3-11(17)14(8(2)6-16)10-4-9(15(19)20)5-12(18)13(7)10/h4,6-7,10,12-14,18H,2-3,5H2,1H3,(H,19,20).